The van der Waals surface area contributed by atoms with Crippen molar-refractivity contribution in [3.05, 3.63) is 48.3 Å². The van der Waals surface area contributed by atoms with Gasteiger partial charge in [0.2, 0.25) is 0 Å². The van der Waals surface area contributed by atoms with Gasteiger partial charge < -0.3 is 5.73 Å². The van der Waals surface area contributed by atoms with E-state index in [2.05, 4.69) is 36.2 Å². The molecule has 0 saturated carbocycles. The summed E-state index contributed by atoms with van der Waals surface area (Å²) >= 11 is 0. The Kier molecular flexibility index (Phi) is 3.20. The van der Waals surface area contributed by atoms with E-state index < -0.39 is 0 Å². The molecule has 0 aliphatic heterocycles. The van der Waals surface area contributed by atoms with E-state index in [4.69, 9.17) is 5.73 Å². The molecule has 2 nitrogen and oxygen atoms in total. The minimum atomic E-state index is 0.707. The normalized spacial score (nSPS) is 10.3. The van der Waals surface area contributed by atoms with Crippen LogP contribution in [0.5, 0.6) is 0 Å². The lowest BCUT2D eigenvalue weighted by Crippen LogP contribution is -1.89. The van der Waals surface area contributed by atoms with Gasteiger partial charge in [-0.3, -0.25) is 4.98 Å². The van der Waals surface area contributed by atoms with Gasteiger partial charge in [-0.25, -0.2) is 0 Å². The van der Waals surface area contributed by atoms with E-state index in [1.807, 2.05) is 12.3 Å². The lowest BCUT2D eigenvalue weighted by Gasteiger charge is -2.05. The highest BCUT2D eigenvalue weighted by atomic mass is 14.7. The number of rotatable bonds is 3. The minimum absolute atomic E-state index is 0.707. The SMILES string of the molecule is CCCc1cccc(-c2cncc(N)c2)c1. The Morgan fingerprint density at radius 1 is 1.12 bits per heavy atom. The first-order chi connectivity index (χ1) is 7.79. The number of nitrogens with zero attached hydrogens (tertiary/aromatic N) is 1. The fourth-order valence-electron chi connectivity index (χ4n) is 1.81. The molecule has 0 unspecified atom stereocenters. The number of hydrogen-bond donors (Lipinski definition) is 1. The first kappa shape index (κ1) is 10.7. The van der Waals surface area contributed by atoms with Gasteiger partial charge in [-0.2, -0.15) is 0 Å². The number of anilines is 1. The molecule has 2 N–H and O–H groups in total. The number of aryl methyl sites for hydroxylation is 1. The Morgan fingerprint density at radius 3 is 2.75 bits per heavy atom. The number of nitrogens with two attached hydrogens (primary N) is 1. The van der Waals surface area contributed by atoms with Crippen molar-refractivity contribution in [2.24, 2.45) is 0 Å². The standard InChI is InChI=1S/C14H16N2/c1-2-4-11-5-3-6-12(7-11)13-8-14(15)10-16-9-13/h3,5-10H,2,4,15H2,1H3. The largest absolute Gasteiger partial charge is 0.397 e. The molecule has 2 aromatic rings. The maximum atomic E-state index is 5.73. The van der Waals surface area contributed by atoms with Gasteiger partial charge >= 0.3 is 0 Å². The molecule has 0 aliphatic carbocycles. The van der Waals surface area contributed by atoms with Crippen molar-refractivity contribution in [1.82, 2.24) is 4.98 Å². The highest BCUT2D eigenvalue weighted by molar-refractivity contribution is 5.66. The predicted molar refractivity (Wildman–Crippen MR) is 68.1 cm³/mol. The van der Waals surface area contributed by atoms with Crippen LogP contribution in [0.4, 0.5) is 5.69 Å². The lowest BCUT2D eigenvalue weighted by molar-refractivity contribution is 0.922. The zero-order chi connectivity index (χ0) is 11.4. The second-order valence-electron chi connectivity index (χ2n) is 3.96. The Morgan fingerprint density at radius 2 is 2.00 bits per heavy atom. The first-order valence-electron chi connectivity index (χ1n) is 5.59. The zero-order valence-corrected chi connectivity index (χ0v) is 9.48. The summed E-state index contributed by atoms with van der Waals surface area (Å²) in [6, 6.07) is 10.5. The molecule has 0 radical (unpaired) electrons. The van der Waals surface area contributed by atoms with E-state index in [0.717, 1.165) is 12.0 Å². The summed E-state index contributed by atoms with van der Waals surface area (Å²) < 4.78 is 0. The molecule has 2 rings (SSSR count). The fraction of sp³-hybridized carbons (Fsp3) is 0.214. The van der Waals surface area contributed by atoms with Crippen LogP contribution in [-0.2, 0) is 6.42 Å². The van der Waals surface area contributed by atoms with Crippen LogP contribution in [0, 0.1) is 0 Å². The molecule has 1 heterocycles. The number of benzene rings is 1. The van der Waals surface area contributed by atoms with Crippen LogP contribution >= 0.6 is 0 Å². The lowest BCUT2D eigenvalue weighted by atomic mass is 10.0. The summed E-state index contributed by atoms with van der Waals surface area (Å²) in [6.07, 6.45) is 5.79. The monoisotopic (exact) mass is 212 g/mol. The quantitative estimate of drug-likeness (QED) is 0.848. The smallest absolute Gasteiger partial charge is 0.0506 e. The molecule has 0 fully saturated rings. The van der Waals surface area contributed by atoms with Gasteiger partial charge in [-0.05, 0) is 23.6 Å². The summed E-state index contributed by atoms with van der Waals surface area (Å²) in [7, 11) is 0. The topological polar surface area (TPSA) is 38.9 Å². The van der Waals surface area contributed by atoms with Crippen molar-refractivity contribution in [2.45, 2.75) is 19.8 Å². The molecule has 0 saturated heterocycles. The van der Waals surface area contributed by atoms with Crippen LogP contribution in [0.1, 0.15) is 18.9 Å². The molecule has 0 spiro atoms. The third-order valence-corrected chi connectivity index (χ3v) is 2.56. The second-order valence-corrected chi connectivity index (χ2v) is 3.96. The van der Waals surface area contributed by atoms with Crippen LogP contribution in [0.15, 0.2) is 42.7 Å². The maximum absolute atomic E-state index is 5.73. The third kappa shape index (κ3) is 2.40. The van der Waals surface area contributed by atoms with Crippen molar-refractivity contribution in [2.75, 3.05) is 5.73 Å². The average molecular weight is 212 g/mol. The van der Waals surface area contributed by atoms with E-state index in [1.165, 1.54) is 17.5 Å². The molecule has 1 aromatic carbocycles. The average Bonchev–Trinajstić information content (AvgIpc) is 2.30. The highest BCUT2D eigenvalue weighted by Gasteiger charge is 1.99. The van der Waals surface area contributed by atoms with Crippen LogP contribution in [0.25, 0.3) is 11.1 Å². The summed E-state index contributed by atoms with van der Waals surface area (Å²) in [5.41, 5.74) is 10.1. The van der Waals surface area contributed by atoms with Gasteiger partial charge in [-0.15, -0.1) is 0 Å². The van der Waals surface area contributed by atoms with Gasteiger partial charge in [0.1, 0.15) is 0 Å². The number of pyridine rings is 1. The zero-order valence-electron chi connectivity index (χ0n) is 9.48. The molecule has 1 aromatic heterocycles. The molecule has 0 atom stereocenters. The second kappa shape index (κ2) is 4.79. The van der Waals surface area contributed by atoms with Gasteiger partial charge in [0.25, 0.3) is 0 Å². The predicted octanol–water partition coefficient (Wildman–Crippen LogP) is 3.28. The van der Waals surface area contributed by atoms with Crippen molar-refractivity contribution in [3.8, 4) is 11.1 Å². The summed E-state index contributed by atoms with van der Waals surface area (Å²) in [4.78, 5) is 4.11. The van der Waals surface area contributed by atoms with Crippen molar-refractivity contribution in [3.63, 3.8) is 0 Å². The Bertz CT molecular complexity index is 478. The summed E-state index contributed by atoms with van der Waals surface area (Å²) in [5.74, 6) is 0. The Labute approximate surface area is 96.1 Å². The molecule has 0 amide bonds. The van der Waals surface area contributed by atoms with Crippen LogP contribution in [0.2, 0.25) is 0 Å². The Balaban J connectivity index is 2.36. The summed E-state index contributed by atoms with van der Waals surface area (Å²) in [5, 5.41) is 0. The van der Waals surface area contributed by atoms with Crippen LogP contribution in [0.3, 0.4) is 0 Å². The van der Waals surface area contributed by atoms with E-state index >= 15 is 0 Å². The highest BCUT2D eigenvalue weighted by Crippen LogP contribution is 2.21. The van der Waals surface area contributed by atoms with E-state index in [1.54, 1.807) is 6.20 Å². The molecular formula is C14H16N2. The Hall–Kier alpha value is -1.83. The summed E-state index contributed by atoms with van der Waals surface area (Å²) in [6.45, 7) is 2.19. The van der Waals surface area contributed by atoms with Crippen molar-refractivity contribution >= 4 is 5.69 Å². The van der Waals surface area contributed by atoms with Gasteiger partial charge in [0, 0.05) is 18.0 Å². The third-order valence-electron chi connectivity index (χ3n) is 2.56. The van der Waals surface area contributed by atoms with Crippen LogP contribution < -0.4 is 5.73 Å². The van der Waals surface area contributed by atoms with Gasteiger partial charge in [0.05, 0.1) is 5.69 Å². The van der Waals surface area contributed by atoms with E-state index in [9.17, 15) is 0 Å². The molecule has 82 valence electrons. The van der Waals surface area contributed by atoms with Crippen LogP contribution in [-0.4, -0.2) is 4.98 Å². The number of nitrogen functional groups attached to an aromatic ring is 1. The van der Waals surface area contributed by atoms with Gasteiger partial charge in [-0.1, -0.05) is 37.6 Å². The minimum Gasteiger partial charge on any atom is -0.397 e. The number of hydrogen-bond acceptors (Lipinski definition) is 2. The fourth-order valence-corrected chi connectivity index (χ4v) is 1.81. The molecule has 16 heavy (non-hydrogen) atoms. The molecule has 0 bridgehead atoms. The molecule has 2 heteroatoms. The first-order valence-corrected chi connectivity index (χ1v) is 5.59. The van der Waals surface area contributed by atoms with E-state index in [0.29, 0.717) is 5.69 Å². The van der Waals surface area contributed by atoms with Crippen molar-refractivity contribution in [1.29, 1.82) is 0 Å². The van der Waals surface area contributed by atoms with Gasteiger partial charge in [0.15, 0.2) is 0 Å². The molecule has 0 aliphatic rings. The number of aromatic nitrogens is 1. The van der Waals surface area contributed by atoms with Crippen molar-refractivity contribution < 1.29 is 0 Å². The molecular weight excluding hydrogens is 196 g/mol. The van der Waals surface area contributed by atoms with E-state index in [-0.39, 0.29) is 0 Å². The maximum Gasteiger partial charge on any atom is 0.0506 e.